The van der Waals surface area contributed by atoms with E-state index in [0.717, 1.165) is 43.1 Å². The molecule has 4 rings (SSSR count). The zero-order valence-corrected chi connectivity index (χ0v) is 16.8. The topological polar surface area (TPSA) is 89.9 Å². The molecule has 0 N–H and O–H groups in total. The van der Waals surface area contributed by atoms with Crippen LogP contribution in [0.25, 0.3) is 11.2 Å². The number of amides is 1. The fourth-order valence-electron chi connectivity index (χ4n) is 3.78. The summed E-state index contributed by atoms with van der Waals surface area (Å²) in [5.74, 6) is 2.76. The van der Waals surface area contributed by atoms with Crippen molar-refractivity contribution in [2.75, 3.05) is 13.1 Å². The number of rotatable bonds is 4. The number of nitrogens with zero attached hydrogens (tertiary/aromatic N) is 6. The summed E-state index contributed by atoms with van der Waals surface area (Å²) >= 11 is 0. The number of pyridine rings is 1. The first-order valence-electron chi connectivity index (χ1n) is 9.83. The third-order valence-corrected chi connectivity index (χ3v) is 5.34. The number of carbonyl (C=O) groups is 1. The van der Waals surface area contributed by atoms with Crippen molar-refractivity contribution in [3.8, 4) is 0 Å². The Morgan fingerprint density at radius 1 is 1.36 bits per heavy atom. The van der Waals surface area contributed by atoms with E-state index in [1.807, 2.05) is 23.4 Å². The smallest absolute Gasteiger partial charge is 0.256 e. The van der Waals surface area contributed by atoms with Gasteiger partial charge in [-0.3, -0.25) is 4.79 Å². The lowest BCUT2D eigenvalue weighted by Crippen LogP contribution is -2.39. The van der Waals surface area contributed by atoms with Gasteiger partial charge in [0.15, 0.2) is 11.5 Å². The normalized spacial score (nSPS) is 17.6. The van der Waals surface area contributed by atoms with Gasteiger partial charge in [0.25, 0.3) is 5.91 Å². The number of aromatic nitrogens is 5. The molecule has 1 aliphatic rings. The van der Waals surface area contributed by atoms with Gasteiger partial charge in [0.05, 0.1) is 11.5 Å². The molecule has 0 aliphatic carbocycles. The van der Waals surface area contributed by atoms with Crippen LogP contribution in [-0.4, -0.2) is 48.6 Å². The molecule has 1 atom stereocenters. The summed E-state index contributed by atoms with van der Waals surface area (Å²) < 4.78 is 7.41. The maximum atomic E-state index is 13.2. The van der Waals surface area contributed by atoms with E-state index in [4.69, 9.17) is 4.52 Å². The summed E-state index contributed by atoms with van der Waals surface area (Å²) in [6.45, 7) is 7.48. The summed E-state index contributed by atoms with van der Waals surface area (Å²) in [7, 11) is 1.91. The number of fused-ring (bicyclic) bond motifs is 1. The first kappa shape index (κ1) is 18.6. The lowest BCUT2D eigenvalue weighted by Gasteiger charge is -2.31. The average Bonchev–Trinajstić information content (AvgIpc) is 3.25. The molecule has 148 valence electrons. The van der Waals surface area contributed by atoms with Gasteiger partial charge in [-0.2, -0.15) is 4.98 Å². The molecule has 1 amide bonds. The standard InChI is InChI=1S/C20H26N6O2/c1-12(2)10-16-23-19(28-24-16)14-6-5-9-26(11-14)20(27)15-7-8-21-18-17(15)22-13(3)25(18)4/h7-8,12,14H,5-6,9-11H2,1-4H3. The van der Waals surface area contributed by atoms with E-state index in [-0.39, 0.29) is 11.8 Å². The number of aryl methyl sites for hydroxylation is 2. The second-order valence-electron chi connectivity index (χ2n) is 7.99. The molecule has 0 spiro atoms. The molecule has 1 fully saturated rings. The molecule has 0 radical (unpaired) electrons. The predicted molar refractivity (Wildman–Crippen MR) is 104 cm³/mol. The number of carbonyl (C=O) groups excluding carboxylic acids is 1. The lowest BCUT2D eigenvalue weighted by molar-refractivity contribution is 0.0697. The van der Waals surface area contributed by atoms with Crippen molar-refractivity contribution in [2.45, 2.75) is 46.0 Å². The zero-order chi connectivity index (χ0) is 19.8. The van der Waals surface area contributed by atoms with Crippen molar-refractivity contribution in [1.82, 2.24) is 29.6 Å². The molecule has 3 aromatic rings. The SMILES string of the molecule is Cc1nc2c(C(=O)N3CCCC(c4nc(CC(C)C)no4)C3)ccnc2n1C. The number of piperidine rings is 1. The summed E-state index contributed by atoms with van der Waals surface area (Å²) in [6.07, 6.45) is 4.33. The second-order valence-corrected chi connectivity index (χ2v) is 7.99. The van der Waals surface area contributed by atoms with Crippen molar-refractivity contribution in [3.05, 3.63) is 35.4 Å². The number of imidazole rings is 1. The maximum Gasteiger partial charge on any atom is 0.256 e. The zero-order valence-electron chi connectivity index (χ0n) is 16.8. The third-order valence-electron chi connectivity index (χ3n) is 5.34. The Morgan fingerprint density at radius 2 is 2.18 bits per heavy atom. The number of likely N-dealkylation sites (tertiary alicyclic amines) is 1. The lowest BCUT2D eigenvalue weighted by atomic mass is 9.97. The van der Waals surface area contributed by atoms with Crippen LogP contribution in [0, 0.1) is 12.8 Å². The highest BCUT2D eigenvalue weighted by Crippen LogP contribution is 2.28. The van der Waals surface area contributed by atoms with Gasteiger partial charge in [-0.05, 0) is 31.7 Å². The molecule has 8 heteroatoms. The van der Waals surface area contributed by atoms with Crippen LogP contribution in [-0.2, 0) is 13.5 Å². The van der Waals surface area contributed by atoms with E-state index in [0.29, 0.717) is 29.4 Å². The van der Waals surface area contributed by atoms with Gasteiger partial charge >= 0.3 is 0 Å². The van der Waals surface area contributed by atoms with Gasteiger partial charge in [0.1, 0.15) is 11.3 Å². The van der Waals surface area contributed by atoms with Gasteiger partial charge in [0.2, 0.25) is 5.89 Å². The summed E-state index contributed by atoms with van der Waals surface area (Å²) in [5.41, 5.74) is 1.99. The number of hydrogen-bond acceptors (Lipinski definition) is 6. The largest absolute Gasteiger partial charge is 0.339 e. The Kier molecular flexibility index (Phi) is 4.87. The van der Waals surface area contributed by atoms with Gasteiger partial charge in [-0.1, -0.05) is 19.0 Å². The van der Waals surface area contributed by atoms with Crippen LogP contribution < -0.4 is 0 Å². The fraction of sp³-hybridized carbons (Fsp3) is 0.550. The second kappa shape index (κ2) is 7.33. The minimum atomic E-state index is -0.0166. The van der Waals surface area contributed by atoms with Crippen LogP contribution in [0.1, 0.15) is 60.5 Å². The molecule has 0 bridgehead atoms. The van der Waals surface area contributed by atoms with Crippen LogP contribution in [0.5, 0.6) is 0 Å². The van der Waals surface area contributed by atoms with Crippen LogP contribution in [0.15, 0.2) is 16.8 Å². The Balaban J connectivity index is 1.56. The summed E-state index contributed by atoms with van der Waals surface area (Å²) in [4.78, 5) is 28.6. The third kappa shape index (κ3) is 3.39. The number of hydrogen-bond donors (Lipinski definition) is 0. The van der Waals surface area contributed by atoms with Gasteiger partial charge in [0, 0.05) is 32.8 Å². The fourth-order valence-corrected chi connectivity index (χ4v) is 3.78. The van der Waals surface area contributed by atoms with Crippen molar-refractivity contribution < 1.29 is 9.32 Å². The molecule has 1 aliphatic heterocycles. The molecule has 3 aromatic heterocycles. The predicted octanol–water partition coefficient (Wildman–Crippen LogP) is 2.88. The van der Waals surface area contributed by atoms with E-state index >= 15 is 0 Å². The highest BCUT2D eigenvalue weighted by atomic mass is 16.5. The Morgan fingerprint density at radius 3 is 2.96 bits per heavy atom. The maximum absolute atomic E-state index is 13.2. The molecule has 1 unspecified atom stereocenters. The van der Waals surface area contributed by atoms with Crippen molar-refractivity contribution in [1.29, 1.82) is 0 Å². The molecular formula is C20H26N6O2. The summed E-state index contributed by atoms with van der Waals surface area (Å²) in [6, 6.07) is 1.76. The first-order valence-corrected chi connectivity index (χ1v) is 9.83. The van der Waals surface area contributed by atoms with Crippen LogP contribution in [0.3, 0.4) is 0 Å². The van der Waals surface area contributed by atoms with E-state index in [2.05, 4.69) is 34.0 Å². The minimum Gasteiger partial charge on any atom is -0.339 e. The first-order chi connectivity index (χ1) is 13.4. The highest BCUT2D eigenvalue weighted by molar-refractivity contribution is 6.04. The Hall–Kier alpha value is -2.77. The molecule has 4 heterocycles. The van der Waals surface area contributed by atoms with E-state index < -0.39 is 0 Å². The van der Waals surface area contributed by atoms with E-state index in [1.165, 1.54) is 0 Å². The Labute approximate surface area is 164 Å². The van der Waals surface area contributed by atoms with Gasteiger partial charge < -0.3 is 14.0 Å². The molecule has 8 nitrogen and oxygen atoms in total. The quantitative estimate of drug-likeness (QED) is 0.689. The van der Waals surface area contributed by atoms with Crippen LogP contribution >= 0.6 is 0 Å². The van der Waals surface area contributed by atoms with Gasteiger partial charge in [-0.25, -0.2) is 9.97 Å². The average molecular weight is 382 g/mol. The Bertz CT molecular complexity index is 1010. The molecular weight excluding hydrogens is 356 g/mol. The van der Waals surface area contributed by atoms with Crippen molar-refractivity contribution >= 4 is 17.1 Å². The highest BCUT2D eigenvalue weighted by Gasteiger charge is 2.30. The molecule has 28 heavy (non-hydrogen) atoms. The van der Waals surface area contributed by atoms with Crippen LogP contribution in [0.2, 0.25) is 0 Å². The van der Waals surface area contributed by atoms with Gasteiger partial charge in [-0.15, -0.1) is 0 Å². The van der Waals surface area contributed by atoms with E-state index in [1.54, 1.807) is 12.3 Å². The van der Waals surface area contributed by atoms with Crippen molar-refractivity contribution in [3.63, 3.8) is 0 Å². The van der Waals surface area contributed by atoms with Crippen molar-refractivity contribution in [2.24, 2.45) is 13.0 Å². The molecule has 1 saturated heterocycles. The minimum absolute atomic E-state index is 0.0166. The van der Waals surface area contributed by atoms with E-state index in [9.17, 15) is 4.79 Å². The summed E-state index contributed by atoms with van der Waals surface area (Å²) in [5, 5.41) is 4.10. The molecule has 0 aromatic carbocycles. The molecule has 0 saturated carbocycles. The van der Waals surface area contributed by atoms with Crippen LogP contribution in [0.4, 0.5) is 0 Å². The monoisotopic (exact) mass is 382 g/mol.